The Morgan fingerprint density at radius 1 is 1.35 bits per heavy atom. The molecule has 0 atom stereocenters. The molecule has 2 aromatic rings. The second kappa shape index (κ2) is 4.08. The average molecular weight is 307 g/mol. The van der Waals surface area contributed by atoms with Gasteiger partial charge in [0.1, 0.15) is 4.83 Å². The Morgan fingerprint density at radius 2 is 2.15 bits per heavy atom. The van der Waals surface area contributed by atoms with E-state index in [0.29, 0.717) is 0 Å². The summed E-state index contributed by atoms with van der Waals surface area (Å²) >= 11 is 3.40. The first-order chi connectivity index (χ1) is 9.47. The summed E-state index contributed by atoms with van der Waals surface area (Å²) in [6.45, 7) is 6.21. The van der Waals surface area contributed by atoms with Gasteiger partial charge in [0.2, 0.25) is 0 Å². The molecule has 4 heterocycles. The molecule has 6 heteroatoms. The fourth-order valence-electron chi connectivity index (χ4n) is 3.01. The van der Waals surface area contributed by atoms with E-state index >= 15 is 0 Å². The van der Waals surface area contributed by atoms with Crippen LogP contribution in [0.2, 0.25) is 0 Å². The van der Waals surface area contributed by atoms with Gasteiger partial charge in [-0.05, 0) is 32.9 Å². The average Bonchev–Trinajstić information content (AvgIpc) is 2.94. The van der Waals surface area contributed by atoms with Crippen molar-refractivity contribution in [1.82, 2.24) is 14.5 Å². The maximum atomic E-state index is 12.7. The van der Waals surface area contributed by atoms with E-state index in [9.17, 15) is 4.79 Å². The summed E-state index contributed by atoms with van der Waals surface area (Å²) in [5.74, 6) is 0.968. The maximum absolute atomic E-state index is 12.7. The molecule has 2 aliphatic rings. The van der Waals surface area contributed by atoms with E-state index in [0.717, 1.165) is 40.6 Å². The first kappa shape index (κ1) is 12.9. The molecular weight excluding hydrogens is 290 g/mol. The van der Waals surface area contributed by atoms with Crippen LogP contribution in [-0.4, -0.2) is 32.8 Å². The Bertz CT molecular complexity index is 775. The lowest BCUT2D eigenvalue weighted by Crippen LogP contribution is -2.45. The van der Waals surface area contributed by atoms with Crippen molar-refractivity contribution in [3.63, 3.8) is 0 Å². The molecule has 20 heavy (non-hydrogen) atoms. The molecule has 2 aromatic heterocycles. The second-order valence-corrected chi connectivity index (χ2v) is 8.37. The molecule has 106 valence electrons. The number of hydrogen-bond acceptors (Lipinski definition) is 5. The van der Waals surface area contributed by atoms with Crippen LogP contribution in [-0.2, 0) is 19.5 Å². The van der Waals surface area contributed by atoms with Gasteiger partial charge in [-0.3, -0.25) is 14.3 Å². The lowest BCUT2D eigenvalue weighted by Gasteiger charge is -2.39. The van der Waals surface area contributed by atoms with Gasteiger partial charge in [-0.15, -0.1) is 11.3 Å². The van der Waals surface area contributed by atoms with Crippen LogP contribution in [0.4, 0.5) is 0 Å². The van der Waals surface area contributed by atoms with Crippen molar-refractivity contribution < 1.29 is 0 Å². The minimum atomic E-state index is 0.103. The van der Waals surface area contributed by atoms with Gasteiger partial charge in [-0.2, -0.15) is 0 Å². The highest BCUT2D eigenvalue weighted by molar-refractivity contribution is 7.99. The molecule has 0 aliphatic carbocycles. The van der Waals surface area contributed by atoms with Crippen molar-refractivity contribution >= 4 is 33.3 Å². The zero-order valence-corrected chi connectivity index (χ0v) is 13.5. The minimum absolute atomic E-state index is 0.103. The Kier molecular flexibility index (Phi) is 2.63. The molecule has 0 amide bonds. The highest BCUT2D eigenvalue weighted by Crippen LogP contribution is 2.38. The summed E-state index contributed by atoms with van der Waals surface area (Å²) < 4.78 is 1.85. The first-order valence-corrected chi connectivity index (χ1v) is 8.67. The topological polar surface area (TPSA) is 38.1 Å². The van der Waals surface area contributed by atoms with Gasteiger partial charge >= 0.3 is 0 Å². The third-order valence-electron chi connectivity index (χ3n) is 4.53. The first-order valence-electron chi connectivity index (χ1n) is 6.86. The summed E-state index contributed by atoms with van der Waals surface area (Å²) in [5.41, 5.74) is 1.52. The standard InChI is InChI=1S/C14H17N3OS2/c1-14(2)6-8-9(7-16(14)3)20-11-10(8)12(18)17-4-5-19-13(17)15-11/h4-7H2,1-3H3. The SMILES string of the molecule is CN1Cc2sc3nc4n(c(=O)c3c2CC1(C)C)CCS4. The Hall–Kier alpha value is -0.850. The van der Waals surface area contributed by atoms with E-state index in [1.165, 1.54) is 10.4 Å². The number of thioether (sulfide) groups is 1. The van der Waals surface area contributed by atoms with Crippen molar-refractivity contribution in [1.29, 1.82) is 0 Å². The normalized spacial score (nSPS) is 21.1. The van der Waals surface area contributed by atoms with Crippen LogP contribution in [0.5, 0.6) is 0 Å². The Balaban J connectivity index is 2.02. The van der Waals surface area contributed by atoms with Gasteiger partial charge in [0.05, 0.1) is 5.39 Å². The number of thiophene rings is 1. The summed E-state index contributed by atoms with van der Waals surface area (Å²) in [6.07, 6.45) is 0.933. The molecule has 0 bridgehead atoms. The van der Waals surface area contributed by atoms with Gasteiger partial charge in [-0.1, -0.05) is 11.8 Å². The Labute approximate surface area is 125 Å². The van der Waals surface area contributed by atoms with Crippen LogP contribution < -0.4 is 5.56 Å². The highest BCUT2D eigenvalue weighted by Gasteiger charge is 2.34. The summed E-state index contributed by atoms with van der Waals surface area (Å²) in [4.78, 5) is 22.1. The molecular formula is C14H17N3OS2. The van der Waals surface area contributed by atoms with Crippen LogP contribution in [0.25, 0.3) is 10.2 Å². The molecule has 4 rings (SSSR count). The largest absolute Gasteiger partial charge is 0.296 e. The van der Waals surface area contributed by atoms with Gasteiger partial charge in [0.15, 0.2) is 5.16 Å². The summed E-state index contributed by atoms with van der Waals surface area (Å²) in [5, 5.41) is 1.78. The molecule has 0 spiro atoms. The number of aromatic nitrogens is 2. The van der Waals surface area contributed by atoms with Crippen LogP contribution in [0.15, 0.2) is 9.95 Å². The van der Waals surface area contributed by atoms with Crippen molar-refractivity contribution in [3.8, 4) is 0 Å². The van der Waals surface area contributed by atoms with Crippen molar-refractivity contribution in [2.75, 3.05) is 12.8 Å². The van der Waals surface area contributed by atoms with E-state index in [-0.39, 0.29) is 11.1 Å². The van der Waals surface area contributed by atoms with E-state index in [4.69, 9.17) is 4.98 Å². The van der Waals surface area contributed by atoms with Crippen molar-refractivity contribution in [2.45, 2.75) is 44.1 Å². The Morgan fingerprint density at radius 3 is 2.95 bits per heavy atom. The van der Waals surface area contributed by atoms with Crippen LogP contribution in [0.3, 0.4) is 0 Å². The van der Waals surface area contributed by atoms with Gasteiger partial charge < -0.3 is 0 Å². The van der Waals surface area contributed by atoms with Crippen molar-refractivity contribution in [3.05, 3.63) is 20.8 Å². The molecule has 0 aromatic carbocycles. The molecule has 2 aliphatic heterocycles. The molecule has 0 N–H and O–H groups in total. The summed E-state index contributed by atoms with van der Waals surface area (Å²) in [7, 11) is 2.16. The van der Waals surface area contributed by atoms with E-state index in [1.807, 2.05) is 4.57 Å². The fourth-order valence-corrected chi connectivity index (χ4v) is 5.25. The molecule has 0 saturated heterocycles. The lowest BCUT2D eigenvalue weighted by atomic mass is 9.88. The smallest absolute Gasteiger partial charge is 0.263 e. The molecule has 4 nitrogen and oxygen atoms in total. The fraction of sp³-hybridized carbons (Fsp3) is 0.571. The van der Waals surface area contributed by atoms with Crippen LogP contribution in [0, 0.1) is 0 Å². The van der Waals surface area contributed by atoms with Gasteiger partial charge in [-0.25, -0.2) is 4.98 Å². The second-order valence-electron chi connectivity index (χ2n) is 6.23. The molecule has 0 fully saturated rings. The monoisotopic (exact) mass is 307 g/mol. The zero-order chi connectivity index (χ0) is 14.1. The number of nitrogens with zero attached hydrogens (tertiary/aromatic N) is 3. The quantitative estimate of drug-likeness (QED) is 0.700. The third-order valence-corrected chi connectivity index (χ3v) is 6.60. The summed E-state index contributed by atoms with van der Waals surface area (Å²) in [6, 6.07) is 0. The molecule has 0 saturated carbocycles. The number of hydrogen-bond donors (Lipinski definition) is 0. The highest BCUT2D eigenvalue weighted by atomic mass is 32.2. The lowest BCUT2D eigenvalue weighted by molar-refractivity contribution is 0.136. The van der Waals surface area contributed by atoms with Gasteiger partial charge in [0, 0.05) is 29.3 Å². The third kappa shape index (κ3) is 1.64. The van der Waals surface area contributed by atoms with E-state index < -0.39 is 0 Å². The molecule has 0 radical (unpaired) electrons. The predicted octanol–water partition coefficient (Wildman–Crippen LogP) is 2.33. The maximum Gasteiger partial charge on any atom is 0.263 e. The van der Waals surface area contributed by atoms with Crippen molar-refractivity contribution in [2.24, 2.45) is 0 Å². The number of likely N-dealkylation sites (N-methyl/N-ethyl adjacent to an activating group) is 1. The zero-order valence-electron chi connectivity index (χ0n) is 11.9. The van der Waals surface area contributed by atoms with E-state index in [1.54, 1.807) is 23.1 Å². The van der Waals surface area contributed by atoms with E-state index in [2.05, 4.69) is 25.8 Å². The number of rotatable bonds is 0. The van der Waals surface area contributed by atoms with Gasteiger partial charge in [0.25, 0.3) is 5.56 Å². The van der Waals surface area contributed by atoms with Crippen LogP contribution in [0.1, 0.15) is 24.3 Å². The number of fused-ring (bicyclic) bond motifs is 4. The minimum Gasteiger partial charge on any atom is -0.296 e. The molecule has 0 unspecified atom stereocenters. The predicted molar refractivity (Wildman–Crippen MR) is 83.9 cm³/mol. The van der Waals surface area contributed by atoms with Crippen LogP contribution >= 0.6 is 23.1 Å².